The van der Waals surface area contributed by atoms with Gasteiger partial charge in [-0.2, -0.15) is 0 Å². The average molecular weight is 308 g/mol. The normalized spacial score (nSPS) is 10.1. The van der Waals surface area contributed by atoms with Crippen molar-refractivity contribution in [3.8, 4) is 5.75 Å². The molecule has 0 saturated carbocycles. The molecule has 0 fully saturated rings. The van der Waals surface area contributed by atoms with E-state index in [2.05, 4.69) is 5.32 Å². The average Bonchev–Trinajstić information content (AvgIpc) is 2.40. The summed E-state index contributed by atoms with van der Waals surface area (Å²) in [5, 5.41) is 23.2. The maximum Gasteiger partial charge on any atom is 0.296 e. The van der Waals surface area contributed by atoms with Crippen LogP contribution in [-0.4, -0.2) is 15.9 Å². The van der Waals surface area contributed by atoms with Crippen LogP contribution >= 0.6 is 11.6 Å². The summed E-state index contributed by atoms with van der Waals surface area (Å²) < 4.78 is 0. The van der Waals surface area contributed by atoms with E-state index in [4.69, 9.17) is 17.3 Å². The molecular weight excluding hydrogens is 298 g/mol. The molecule has 0 aliphatic carbocycles. The van der Waals surface area contributed by atoms with E-state index in [9.17, 15) is 20.0 Å². The summed E-state index contributed by atoms with van der Waals surface area (Å²) in [4.78, 5) is 22.3. The van der Waals surface area contributed by atoms with Gasteiger partial charge in [0.2, 0.25) is 0 Å². The monoisotopic (exact) mass is 307 g/mol. The van der Waals surface area contributed by atoms with Gasteiger partial charge in [-0.15, -0.1) is 0 Å². The first kappa shape index (κ1) is 14.6. The summed E-state index contributed by atoms with van der Waals surface area (Å²) in [5.41, 5.74) is 5.18. The Balaban J connectivity index is 2.38. The van der Waals surface area contributed by atoms with Gasteiger partial charge in [0, 0.05) is 16.8 Å². The van der Waals surface area contributed by atoms with E-state index in [0.717, 1.165) is 0 Å². The van der Waals surface area contributed by atoms with Gasteiger partial charge in [0.05, 0.1) is 10.5 Å². The van der Waals surface area contributed by atoms with Gasteiger partial charge in [-0.25, -0.2) is 0 Å². The zero-order valence-corrected chi connectivity index (χ0v) is 11.3. The first-order chi connectivity index (χ1) is 9.90. The minimum atomic E-state index is -0.708. The number of rotatable bonds is 3. The molecule has 4 N–H and O–H groups in total. The number of phenolic OH excluding ortho intramolecular Hbond substituents is 1. The molecule has 108 valence electrons. The molecule has 0 heterocycles. The number of nitrogen functional groups attached to an aromatic ring is 1. The van der Waals surface area contributed by atoms with Crippen LogP contribution in [-0.2, 0) is 0 Å². The number of carbonyl (C=O) groups is 1. The molecule has 0 aliphatic rings. The Bertz CT molecular complexity index is 733. The van der Waals surface area contributed by atoms with Gasteiger partial charge in [-0.3, -0.25) is 14.9 Å². The van der Waals surface area contributed by atoms with Crippen molar-refractivity contribution in [2.24, 2.45) is 0 Å². The highest BCUT2D eigenvalue weighted by atomic mass is 35.5. The number of aromatic hydroxyl groups is 1. The van der Waals surface area contributed by atoms with E-state index in [-0.39, 0.29) is 16.9 Å². The SMILES string of the molecule is Nc1cc(Cl)ccc1C(=O)Nc1c(O)cccc1[N+](=O)[O-]. The van der Waals surface area contributed by atoms with E-state index >= 15 is 0 Å². The Morgan fingerprint density at radius 1 is 1.33 bits per heavy atom. The third-order valence-electron chi connectivity index (χ3n) is 2.71. The summed E-state index contributed by atoms with van der Waals surface area (Å²) >= 11 is 5.73. The van der Waals surface area contributed by atoms with E-state index in [1.54, 1.807) is 0 Å². The smallest absolute Gasteiger partial charge is 0.296 e. The van der Waals surface area contributed by atoms with Crippen LogP contribution in [0.3, 0.4) is 0 Å². The fourth-order valence-corrected chi connectivity index (χ4v) is 1.91. The van der Waals surface area contributed by atoms with Gasteiger partial charge in [-0.1, -0.05) is 17.7 Å². The lowest BCUT2D eigenvalue weighted by atomic mass is 10.1. The number of nitrogens with one attached hydrogen (secondary N) is 1. The first-order valence-corrected chi connectivity index (χ1v) is 6.10. The third kappa shape index (κ3) is 3.03. The number of benzene rings is 2. The Kier molecular flexibility index (Phi) is 3.95. The summed E-state index contributed by atoms with van der Waals surface area (Å²) in [6.45, 7) is 0. The van der Waals surface area contributed by atoms with Crippen molar-refractivity contribution in [2.45, 2.75) is 0 Å². The first-order valence-electron chi connectivity index (χ1n) is 5.73. The van der Waals surface area contributed by atoms with E-state index < -0.39 is 22.3 Å². The molecule has 0 bridgehead atoms. The molecule has 7 nitrogen and oxygen atoms in total. The lowest BCUT2D eigenvalue weighted by molar-refractivity contribution is -0.384. The Labute approximate surface area is 124 Å². The van der Waals surface area contributed by atoms with Crippen LogP contribution in [0.4, 0.5) is 17.1 Å². The molecule has 0 atom stereocenters. The van der Waals surface area contributed by atoms with Gasteiger partial charge >= 0.3 is 0 Å². The lowest BCUT2D eigenvalue weighted by Gasteiger charge is -2.09. The Morgan fingerprint density at radius 2 is 2.05 bits per heavy atom. The maximum absolute atomic E-state index is 12.1. The minimum absolute atomic E-state index is 0.0944. The van der Waals surface area contributed by atoms with E-state index in [0.29, 0.717) is 5.02 Å². The predicted octanol–water partition coefficient (Wildman–Crippen LogP) is 2.79. The second-order valence-corrected chi connectivity index (χ2v) is 4.55. The fraction of sp³-hybridized carbons (Fsp3) is 0. The zero-order valence-electron chi connectivity index (χ0n) is 10.5. The number of anilines is 2. The topological polar surface area (TPSA) is 118 Å². The molecule has 0 unspecified atom stereocenters. The van der Waals surface area contributed by atoms with Gasteiger partial charge in [0.1, 0.15) is 5.75 Å². The second-order valence-electron chi connectivity index (χ2n) is 4.11. The molecule has 21 heavy (non-hydrogen) atoms. The minimum Gasteiger partial charge on any atom is -0.505 e. The molecule has 0 spiro atoms. The summed E-state index contributed by atoms with van der Waals surface area (Å²) in [6, 6.07) is 7.94. The van der Waals surface area contributed by atoms with Crippen LogP contribution in [0.2, 0.25) is 5.02 Å². The van der Waals surface area contributed by atoms with Gasteiger partial charge in [0.15, 0.2) is 5.69 Å². The molecule has 0 aliphatic heterocycles. The highest BCUT2D eigenvalue weighted by Crippen LogP contribution is 2.33. The predicted molar refractivity (Wildman–Crippen MR) is 78.6 cm³/mol. The molecule has 0 radical (unpaired) electrons. The summed E-state index contributed by atoms with van der Waals surface area (Å²) in [5.74, 6) is -1.10. The quantitative estimate of drug-likeness (QED) is 0.349. The standard InChI is InChI=1S/C13H10ClN3O4/c14-7-4-5-8(9(15)6-7)13(19)16-12-10(17(20)21)2-1-3-11(12)18/h1-6,18H,15H2,(H,16,19). The lowest BCUT2D eigenvalue weighted by Crippen LogP contribution is -2.15. The fourth-order valence-electron chi connectivity index (χ4n) is 1.73. The molecule has 1 amide bonds. The number of nitrogens with zero attached hydrogens (tertiary/aromatic N) is 1. The van der Waals surface area contributed by atoms with Crippen molar-refractivity contribution in [3.05, 3.63) is 57.1 Å². The number of phenols is 1. The number of para-hydroxylation sites is 1. The number of halogens is 1. The van der Waals surface area contributed by atoms with Crippen molar-refractivity contribution in [1.82, 2.24) is 0 Å². The van der Waals surface area contributed by atoms with Crippen LogP contribution in [0.5, 0.6) is 5.75 Å². The second kappa shape index (κ2) is 5.68. The number of amides is 1. The summed E-state index contributed by atoms with van der Waals surface area (Å²) in [7, 11) is 0. The highest BCUT2D eigenvalue weighted by Gasteiger charge is 2.21. The van der Waals surface area contributed by atoms with Crippen LogP contribution in [0, 0.1) is 10.1 Å². The van der Waals surface area contributed by atoms with E-state index in [1.807, 2.05) is 0 Å². The molecule has 8 heteroatoms. The maximum atomic E-state index is 12.1. The van der Waals surface area contributed by atoms with Crippen molar-refractivity contribution in [2.75, 3.05) is 11.1 Å². The largest absolute Gasteiger partial charge is 0.505 e. The Hall–Kier alpha value is -2.80. The number of hydrogen-bond donors (Lipinski definition) is 3. The molecule has 2 aromatic rings. The highest BCUT2D eigenvalue weighted by molar-refractivity contribution is 6.31. The van der Waals surface area contributed by atoms with E-state index in [1.165, 1.54) is 36.4 Å². The molecule has 2 aromatic carbocycles. The molecular formula is C13H10ClN3O4. The van der Waals surface area contributed by atoms with Crippen molar-refractivity contribution in [1.29, 1.82) is 0 Å². The van der Waals surface area contributed by atoms with Crippen LogP contribution in [0.15, 0.2) is 36.4 Å². The summed E-state index contributed by atoms with van der Waals surface area (Å²) in [6.07, 6.45) is 0. The third-order valence-corrected chi connectivity index (χ3v) is 2.95. The van der Waals surface area contributed by atoms with Gasteiger partial charge in [-0.05, 0) is 24.3 Å². The number of nitro groups is 1. The van der Waals surface area contributed by atoms with Gasteiger partial charge < -0.3 is 16.2 Å². The number of carbonyl (C=O) groups excluding carboxylic acids is 1. The number of nitrogens with two attached hydrogens (primary N) is 1. The van der Waals surface area contributed by atoms with Crippen LogP contribution in [0.25, 0.3) is 0 Å². The molecule has 0 saturated heterocycles. The van der Waals surface area contributed by atoms with Gasteiger partial charge in [0.25, 0.3) is 11.6 Å². The Morgan fingerprint density at radius 3 is 2.67 bits per heavy atom. The number of hydrogen-bond acceptors (Lipinski definition) is 5. The van der Waals surface area contributed by atoms with Crippen molar-refractivity contribution < 1.29 is 14.8 Å². The molecule has 0 aromatic heterocycles. The van der Waals surface area contributed by atoms with Crippen molar-refractivity contribution in [3.63, 3.8) is 0 Å². The number of nitro benzene ring substituents is 1. The van der Waals surface area contributed by atoms with Crippen LogP contribution in [0.1, 0.15) is 10.4 Å². The van der Waals surface area contributed by atoms with Crippen LogP contribution < -0.4 is 11.1 Å². The molecule has 2 rings (SSSR count). The zero-order chi connectivity index (χ0) is 15.6. The van der Waals surface area contributed by atoms with Crippen molar-refractivity contribution >= 4 is 34.6 Å².